The number of benzene rings is 1. The molecule has 3 N–H and O–H groups in total. The van der Waals surface area contributed by atoms with E-state index in [0.29, 0.717) is 25.1 Å². The number of sulfonamides is 1. The van der Waals surface area contributed by atoms with Gasteiger partial charge in [0.15, 0.2) is 0 Å². The van der Waals surface area contributed by atoms with Crippen molar-refractivity contribution in [3.05, 3.63) is 54.8 Å². The number of aromatic nitrogens is 1. The average Bonchev–Trinajstić information content (AvgIpc) is 4.07. The molecule has 52 heavy (non-hydrogen) atoms. The van der Waals surface area contributed by atoms with E-state index in [-0.39, 0.29) is 31.9 Å². The number of pyridine rings is 1. The van der Waals surface area contributed by atoms with E-state index in [9.17, 15) is 27.6 Å². The predicted molar refractivity (Wildman–Crippen MR) is 193 cm³/mol. The first kappa shape index (κ1) is 35.9. The van der Waals surface area contributed by atoms with Crippen LogP contribution < -0.4 is 20.1 Å². The second kappa shape index (κ2) is 14.9. The van der Waals surface area contributed by atoms with E-state index in [4.69, 9.17) is 9.47 Å². The Kier molecular flexibility index (Phi) is 10.3. The van der Waals surface area contributed by atoms with Gasteiger partial charge in [-0.2, -0.15) is 0 Å². The second-order valence-corrected chi connectivity index (χ2v) is 16.8. The summed E-state index contributed by atoms with van der Waals surface area (Å²) in [5.41, 5.74) is -0.561. The van der Waals surface area contributed by atoms with Crippen molar-refractivity contribution in [1.29, 1.82) is 0 Å². The van der Waals surface area contributed by atoms with E-state index in [1.807, 2.05) is 30.3 Å². The molecule has 3 saturated carbocycles. The highest BCUT2D eigenvalue weighted by atomic mass is 32.2. The highest BCUT2D eigenvalue weighted by Gasteiger charge is 2.62. The Balaban J connectivity index is 1.21. The molecule has 278 valence electrons. The summed E-state index contributed by atoms with van der Waals surface area (Å²) in [4.78, 5) is 61.6. The SMILES string of the molecule is C=C[C@@H]1C[C@]1(NC(=O)[C@@H]1C[C@@H]2CN1C(=O)[C@H](C1CCCCC1)NC(=O)OCCCC/C=C/c1ccc3ccnc(c3c1)O2)C(=O)NS(=O)(=O)C1CC1. The Morgan fingerprint density at radius 3 is 2.62 bits per heavy atom. The fraction of sp³-hybridized carbons (Fsp3) is 0.553. The maximum Gasteiger partial charge on any atom is 0.407 e. The number of hydrogen-bond acceptors (Lipinski definition) is 9. The molecule has 4 fully saturated rings. The summed E-state index contributed by atoms with van der Waals surface area (Å²) in [6, 6.07) is 5.87. The molecule has 4 amide bonds. The number of hydrogen-bond donors (Lipinski definition) is 3. The molecule has 3 aliphatic carbocycles. The third-order valence-electron chi connectivity index (χ3n) is 11.1. The van der Waals surface area contributed by atoms with Gasteiger partial charge in [0, 0.05) is 23.9 Å². The highest BCUT2D eigenvalue weighted by Crippen LogP contribution is 2.45. The van der Waals surface area contributed by atoms with Crippen molar-refractivity contribution >= 4 is 50.7 Å². The molecule has 1 saturated heterocycles. The van der Waals surface area contributed by atoms with Crippen LogP contribution in [0.3, 0.4) is 0 Å². The molecular formula is C38H47N5O8S. The maximum absolute atomic E-state index is 14.7. The van der Waals surface area contributed by atoms with Crippen molar-refractivity contribution in [2.75, 3.05) is 13.2 Å². The maximum atomic E-state index is 14.7. The molecule has 3 heterocycles. The number of carbonyl (C=O) groups is 4. The lowest BCUT2D eigenvalue weighted by molar-refractivity contribution is -0.142. The van der Waals surface area contributed by atoms with Crippen LogP contribution in [0.15, 0.2) is 49.2 Å². The van der Waals surface area contributed by atoms with Crippen LogP contribution in [-0.2, 0) is 29.1 Å². The van der Waals surface area contributed by atoms with Crippen molar-refractivity contribution in [2.24, 2.45) is 11.8 Å². The summed E-state index contributed by atoms with van der Waals surface area (Å²) < 4.78 is 39.6. The molecule has 0 spiro atoms. The van der Waals surface area contributed by atoms with Crippen molar-refractivity contribution in [2.45, 2.75) is 106 Å². The number of alkyl carbamates (subject to hydrolysis) is 1. The zero-order valence-electron chi connectivity index (χ0n) is 29.3. The number of ether oxygens (including phenoxy) is 2. The normalized spacial score (nSPS) is 29.4. The molecule has 13 nitrogen and oxygen atoms in total. The molecule has 4 bridgehead atoms. The fourth-order valence-corrected chi connectivity index (χ4v) is 9.22. The highest BCUT2D eigenvalue weighted by molar-refractivity contribution is 7.91. The van der Waals surface area contributed by atoms with Gasteiger partial charge in [-0.3, -0.25) is 19.1 Å². The first-order valence-electron chi connectivity index (χ1n) is 18.5. The number of amides is 4. The topological polar surface area (TPSA) is 173 Å². The van der Waals surface area contributed by atoms with Crippen LogP contribution in [0.25, 0.3) is 16.8 Å². The third-order valence-corrected chi connectivity index (χ3v) is 12.9. The molecule has 7 rings (SSSR count). The lowest BCUT2D eigenvalue weighted by atomic mass is 9.83. The van der Waals surface area contributed by atoms with Crippen molar-refractivity contribution in [3.63, 3.8) is 0 Å². The Morgan fingerprint density at radius 2 is 1.87 bits per heavy atom. The van der Waals surface area contributed by atoms with Crippen LogP contribution in [-0.4, -0.2) is 84.2 Å². The minimum Gasteiger partial charge on any atom is -0.472 e. The van der Waals surface area contributed by atoms with Crippen LogP contribution in [0.1, 0.15) is 82.6 Å². The fourth-order valence-electron chi connectivity index (χ4n) is 7.85. The molecule has 2 aliphatic heterocycles. The van der Waals surface area contributed by atoms with Crippen molar-refractivity contribution in [1.82, 2.24) is 25.2 Å². The van der Waals surface area contributed by atoms with Gasteiger partial charge in [-0.1, -0.05) is 49.6 Å². The number of nitrogens with one attached hydrogen (secondary N) is 3. The molecule has 0 radical (unpaired) electrons. The second-order valence-electron chi connectivity index (χ2n) is 14.8. The van der Waals surface area contributed by atoms with E-state index in [0.717, 1.165) is 61.3 Å². The van der Waals surface area contributed by atoms with Gasteiger partial charge in [-0.15, -0.1) is 6.58 Å². The Hall–Kier alpha value is -4.46. The summed E-state index contributed by atoms with van der Waals surface area (Å²) in [5.74, 6) is -2.16. The standard InChI is InChI=1S/C38H47N5O8S/c1-2-27-22-38(27,36(46)42-52(48,49)29-15-16-29)41-33(44)31-21-28-23-43(31)35(45)32(26-11-7-5-8-12-26)40-37(47)50-19-9-4-3-6-10-24-13-14-25-17-18-39-34(51-28)30(25)20-24/h2,6,10,13-14,17-18,20,26-29,31-32H,1,3-5,7-9,11-12,15-16,19,21-23H2,(H,40,47)(H,41,44)(H,42,46)/b10-6+/t27-,28-,31+,32+,38-/m1/s1. The quantitative estimate of drug-likeness (QED) is 0.354. The van der Waals surface area contributed by atoms with Crippen LogP contribution in [0, 0.1) is 11.8 Å². The summed E-state index contributed by atoms with van der Waals surface area (Å²) in [6.07, 6.45) is 13.7. The molecule has 1 aromatic heterocycles. The number of allylic oxidation sites excluding steroid dienone is 1. The van der Waals surface area contributed by atoms with E-state index in [1.54, 1.807) is 6.20 Å². The molecule has 14 heteroatoms. The molecular weight excluding hydrogens is 687 g/mol. The summed E-state index contributed by atoms with van der Waals surface area (Å²) >= 11 is 0. The van der Waals surface area contributed by atoms with Crippen molar-refractivity contribution in [3.8, 4) is 5.88 Å². The van der Waals surface area contributed by atoms with E-state index in [2.05, 4.69) is 33.0 Å². The Labute approximate surface area is 304 Å². The largest absolute Gasteiger partial charge is 0.472 e. The number of nitrogens with zero attached hydrogens (tertiary/aromatic N) is 2. The van der Waals surface area contributed by atoms with Crippen LogP contribution in [0.2, 0.25) is 0 Å². The molecule has 0 unspecified atom stereocenters. The van der Waals surface area contributed by atoms with E-state index < -0.39 is 68.7 Å². The molecule has 1 aromatic carbocycles. The number of carbonyl (C=O) groups excluding carboxylic acids is 4. The van der Waals surface area contributed by atoms with Gasteiger partial charge < -0.3 is 25.0 Å². The van der Waals surface area contributed by atoms with Crippen LogP contribution in [0.4, 0.5) is 4.79 Å². The van der Waals surface area contributed by atoms with E-state index >= 15 is 0 Å². The zero-order valence-corrected chi connectivity index (χ0v) is 30.1. The molecule has 5 atom stereocenters. The average molecular weight is 734 g/mol. The van der Waals surface area contributed by atoms with Gasteiger partial charge in [0.1, 0.15) is 23.7 Å². The van der Waals surface area contributed by atoms with Gasteiger partial charge in [-0.25, -0.2) is 18.2 Å². The lowest BCUT2D eigenvalue weighted by Crippen LogP contribution is -2.59. The monoisotopic (exact) mass is 733 g/mol. The first-order valence-corrected chi connectivity index (χ1v) is 20.1. The minimum atomic E-state index is -3.88. The Morgan fingerprint density at radius 1 is 1.06 bits per heavy atom. The summed E-state index contributed by atoms with van der Waals surface area (Å²) in [7, 11) is -3.88. The zero-order chi connectivity index (χ0) is 36.5. The minimum absolute atomic E-state index is 0.0225. The van der Waals surface area contributed by atoms with Crippen molar-refractivity contribution < 1.29 is 37.1 Å². The van der Waals surface area contributed by atoms with Gasteiger partial charge in [0.2, 0.25) is 27.7 Å². The lowest BCUT2D eigenvalue weighted by Gasteiger charge is -2.34. The molecule has 5 aliphatic rings. The Bertz CT molecular complexity index is 1870. The summed E-state index contributed by atoms with van der Waals surface area (Å²) in [6.45, 7) is 4.02. The van der Waals surface area contributed by atoms with E-state index in [1.165, 1.54) is 11.0 Å². The van der Waals surface area contributed by atoms with Gasteiger partial charge in [0.05, 0.1) is 18.4 Å². The molecule has 2 aromatic rings. The van der Waals surface area contributed by atoms with Gasteiger partial charge in [0.25, 0.3) is 5.91 Å². The summed E-state index contributed by atoms with van der Waals surface area (Å²) in [5, 5.41) is 6.77. The van der Waals surface area contributed by atoms with Crippen LogP contribution in [0.5, 0.6) is 5.88 Å². The van der Waals surface area contributed by atoms with Gasteiger partial charge >= 0.3 is 6.09 Å². The first-order chi connectivity index (χ1) is 25.1. The third kappa shape index (κ3) is 7.67. The number of fused-ring (bicyclic) bond motifs is 3. The van der Waals surface area contributed by atoms with Gasteiger partial charge in [-0.05, 0) is 80.4 Å². The van der Waals surface area contributed by atoms with Crippen LogP contribution >= 0.6 is 0 Å². The smallest absolute Gasteiger partial charge is 0.407 e. The number of cyclic esters (lactones) is 1. The predicted octanol–water partition coefficient (Wildman–Crippen LogP) is 4.12. The number of rotatable bonds is 7.